The van der Waals surface area contributed by atoms with Gasteiger partial charge in [-0.05, 0) is 54.3 Å². The summed E-state index contributed by atoms with van der Waals surface area (Å²) in [5, 5.41) is 16.8. The van der Waals surface area contributed by atoms with Crippen LogP contribution in [0.2, 0.25) is 0 Å². The number of hydrogen-bond donors (Lipinski definition) is 1. The monoisotopic (exact) mass is 464 g/mol. The lowest BCUT2D eigenvalue weighted by Crippen LogP contribution is -2.35. The van der Waals surface area contributed by atoms with Crippen LogP contribution in [0.15, 0.2) is 71.8 Å². The number of rotatable bonds is 4. The average molecular weight is 465 g/mol. The normalized spacial score (nSPS) is 13.9. The number of hydrogen-bond acceptors (Lipinski definition) is 6. The Balaban J connectivity index is 1.30. The number of nitriles is 1. The maximum atomic E-state index is 13.3. The predicted molar refractivity (Wildman–Crippen MR) is 133 cm³/mol. The van der Waals surface area contributed by atoms with Crippen molar-refractivity contribution in [3.63, 3.8) is 0 Å². The standard InChI is InChI=1S/C27H24N6O2/c28-16-20-8-9-25(29-17-20)32-10-3-11-33(13-12-32)27(35)22-6-1-4-19(15-22)14-21-5-2-7-23-24(21)18-30-31-26(23)34/h1-2,4-9,15,17-18H,3,10-14H2,(H,31,34). The van der Waals surface area contributed by atoms with Crippen molar-refractivity contribution in [2.24, 2.45) is 0 Å². The number of nitrogens with one attached hydrogen (secondary N) is 1. The third-order valence-electron chi connectivity index (χ3n) is 6.35. The van der Waals surface area contributed by atoms with Crippen molar-refractivity contribution in [2.45, 2.75) is 12.8 Å². The second-order valence-corrected chi connectivity index (χ2v) is 8.60. The molecule has 0 radical (unpaired) electrons. The van der Waals surface area contributed by atoms with E-state index in [1.165, 1.54) is 0 Å². The van der Waals surface area contributed by atoms with E-state index in [4.69, 9.17) is 5.26 Å². The Labute approximate surface area is 202 Å². The summed E-state index contributed by atoms with van der Waals surface area (Å²) in [5.41, 5.74) is 2.98. The van der Waals surface area contributed by atoms with Gasteiger partial charge in [0.25, 0.3) is 11.5 Å². The van der Waals surface area contributed by atoms with Crippen LogP contribution in [0.1, 0.15) is 33.5 Å². The molecule has 1 aliphatic rings. The van der Waals surface area contributed by atoms with E-state index in [0.717, 1.165) is 35.3 Å². The largest absolute Gasteiger partial charge is 0.355 e. The fourth-order valence-corrected chi connectivity index (χ4v) is 4.54. The van der Waals surface area contributed by atoms with Crippen LogP contribution in [0.5, 0.6) is 0 Å². The molecule has 1 aliphatic heterocycles. The molecule has 0 unspecified atom stereocenters. The summed E-state index contributed by atoms with van der Waals surface area (Å²) < 4.78 is 0. The summed E-state index contributed by atoms with van der Waals surface area (Å²) in [6.07, 6.45) is 4.69. The van der Waals surface area contributed by atoms with Gasteiger partial charge in [0.05, 0.1) is 17.1 Å². The van der Waals surface area contributed by atoms with Crippen LogP contribution in [-0.4, -0.2) is 52.2 Å². The number of carbonyl (C=O) groups is 1. The van der Waals surface area contributed by atoms with Gasteiger partial charge in [0.15, 0.2) is 0 Å². The molecule has 0 aliphatic carbocycles. The summed E-state index contributed by atoms with van der Waals surface area (Å²) in [4.78, 5) is 33.9. The minimum Gasteiger partial charge on any atom is -0.355 e. The first-order valence-corrected chi connectivity index (χ1v) is 11.6. The average Bonchev–Trinajstić information content (AvgIpc) is 3.16. The van der Waals surface area contributed by atoms with Gasteiger partial charge in [0, 0.05) is 43.3 Å². The van der Waals surface area contributed by atoms with E-state index in [2.05, 4.69) is 26.2 Å². The Morgan fingerprint density at radius 3 is 2.71 bits per heavy atom. The number of pyridine rings is 1. The second kappa shape index (κ2) is 9.77. The van der Waals surface area contributed by atoms with E-state index in [1.807, 2.05) is 47.4 Å². The zero-order valence-electron chi connectivity index (χ0n) is 19.1. The number of carbonyl (C=O) groups excluding carboxylic acids is 1. The molecule has 0 bridgehead atoms. The third kappa shape index (κ3) is 4.75. The van der Waals surface area contributed by atoms with Gasteiger partial charge in [-0.15, -0.1) is 0 Å². The Morgan fingerprint density at radius 2 is 1.89 bits per heavy atom. The number of aromatic nitrogens is 3. The van der Waals surface area contributed by atoms with Crippen molar-refractivity contribution in [1.29, 1.82) is 5.26 Å². The predicted octanol–water partition coefficient (Wildman–Crippen LogP) is 3.13. The van der Waals surface area contributed by atoms with Gasteiger partial charge < -0.3 is 9.80 Å². The molecule has 3 heterocycles. The molecule has 8 heteroatoms. The molecule has 8 nitrogen and oxygen atoms in total. The van der Waals surface area contributed by atoms with Crippen LogP contribution >= 0.6 is 0 Å². The molecule has 0 saturated carbocycles. The zero-order chi connectivity index (χ0) is 24.2. The fraction of sp³-hybridized carbons (Fsp3) is 0.222. The van der Waals surface area contributed by atoms with Gasteiger partial charge in [-0.2, -0.15) is 10.4 Å². The molecule has 5 rings (SSSR count). The highest BCUT2D eigenvalue weighted by Crippen LogP contribution is 2.20. The van der Waals surface area contributed by atoms with E-state index in [0.29, 0.717) is 42.6 Å². The summed E-state index contributed by atoms with van der Waals surface area (Å²) in [6, 6.07) is 19.0. The van der Waals surface area contributed by atoms with E-state index in [9.17, 15) is 9.59 Å². The quantitative estimate of drug-likeness (QED) is 0.497. The molecular formula is C27H24N6O2. The number of fused-ring (bicyclic) bond motifs is 1. The molecule has 2 aromatic heterocycles. The van der Waals surface area contributed by atoms with Gasteiger partial charge in [0.2, 0.25) is 0 Å². The van der Waals surface area contributed by atoms with Crippen molar-refractivity contribution in [3.05, 3.63) is 99.6 Å². The van der Waals surface area contributed by atoms with Crippen LogP contribution in [0.4, 0.5) is 5.82 Å². The number of aromatic amines is 1. The van der Waals surface area contributed by atoms with Crippen molar-refractivity contribution < 1.29 is 4.79 Å². The van der Waals surface area contributed by atoms with E-state index >= 15 is 0 Å². The first-order chi connectivity index (χ1) is 17.1. The number of amides is 1. The highest BCUT2D eigenvalue weighted by Gasteiger charge is 2.21. The Morgan fingerprint density at radius 1 is 1.00 bits per heavy atom. The molecular weight excluding hydrogens is 440 g/mol. The topological polar surface area (TPSA) is 106 Å². The van der Waals surface area contributed by atoms with Crippen molar-refractivity contribution >= 4 is 22.5 Å². The minimum absolute atomic E-state index is 0.0116. The molecule has 0 spiro atoms. The molecule has 1 saturated heterocycles. The summed E-state index contributed by atoms with van der Waals surface area (Å²) in [7, 11) is 0. The summed E-state index contributed by atoms with van der Waals surface area (Å²) in [6.45, 7) is 2.76. The maximum Gasteiger partial charge on any atom is 0.272 e. The SMILES string of the molecule is N#Cc1ccc(N2CCCN(C(=O)c3cccc(Cc4cccc5c(=O)[nH]ncc45)c3)CC2)nc1. The number of anilines is 1. The zero-order valence-corrected chi connectivity index (χ0v) is 19.1. The minimum atomic E-state index is -0.209. The van der Waals surface area contributed by atoms with Crippen LogP contribution in [0.25, 0.3) is 10.8 Å². The van der Waals surface area contributed by atoms with Gasteiger partial charge in [-0.25, -0.2) is 10.1 Å². The van der Waals surface area contributed by atoms with Crippen molar-refractivity contribution in [3.8, 4) is 6.07 Å². The van der Waals surface area contributed by atoms with E-state index in [1.54, 1.807) is 24.5 Å². The van der Waals surface area contributed by atoms with E-state index < -0.39 is 0 Å². The molecule has 4 aromatic rings. The second-order valence-electron chi connectivity index (χ2n) is 8.60. The van der Waals surface area contributed by atoms with Crippen LogP contribution < -0.4 is 10.5 Å². The molecule has 35 heavy (non-hydrogen) atoms. The number of H-pyrrole nitrogens is 1. The first kappa shape index (κ1) is 22.3. The first-order valence-electron chi connectivity index (χ1n) is 11.6. The lowest BCUT2D eigenvalue weighted by atomic mass is 9.99. The van der Waals surface area contributed by atoms with Crippen molar-refractivity contribution in [2.75, 3.05) is 31.1 Å². The Kier molecular flexibility index (Phi) is 6.22. The third-order valence-corrected chi connectivity index (χ3v) is 6.35. The molecule has 174 valence electrons. The molecule has 2 aromatic carbocycles. The highest BCUT2D eigenvalue weighted by molar-refractivity contribution is 5.94. The number of nitrogens with zero attached hydrogens (tertiary/aromatic N) is 5. The van der Waals surface area contributed by atoms with Crippen molar-refractivity contribution in [1.82, 2.24) is 20.1 Å². The molecule has 0 atom stereocenters. The maximum absolute atomic E-state index is 13.3. The highest BCUT2D eigenvalue weighted by atomic mass is 16.2. The lowest BCUT2D eigenvalue weighted by Gasteiger charge is -2.23. The van der Waals surface area contributed by atoms with Gasteiger partial charge in [-0.3, -0.25) is 9.59 Å². The summed E-state index contributed by atoms with van der Waals surface area (Å²) in [5.74, 6) is 0.834. The summed E-state index contributed by atoms with van der Waals surface area (Å²) >= 11 is 0. The van der Waals surface area contributed by atoms with Gasteiger partial charge in [-0.1, -0.05) is 24.3 Å². The van der Waals surface area contributed by atoms with Crippen LogP contribution in [-0.2, 0) is 6.42 Å². The van der Waals surface area contributed by atoms with Gasteiger partial charge in [0.1, 0.15) is 11.9 Å². The van der Waals surface area contributed by atoms with Gasteiger partial charge >= 0.3 is 0 Å². The molecule has 1 fully saturated rings. The van der Waals surface area contributed by atoms with Crippen LogP contribution in [0, 0.1) is 11.3 Å². The van der Waals surface area contributed by atoms with Crippen LogP contribution in [0.3, 0.4) is 0 Å². The fourth-order valence-electron chi connectivity index (χ4n) is 4.54. The lowest BCUT2D eigenvalue weighted by molar-refractivity contribution is 0.0767. The Bertz CT molecular complexity index is 1470. The van der Waals surface area contributed by atoms with E-state index in [-0.39, 0.29) is 11.5 Å². The number of benzene rings is 2. The smallest absolute Gasteiger partial charge is 0.272 e. The molecule has 1 N–H and O–H groups in total. The molecule has 1 amide bonds. The Hall–Kier alpha value is -4.51.